The Morgan fingerprint density at radius 2 is 1.90 bits per heavy atom. The predicted octanol–water partition coefficient (Wildman–Crippen LogP) is 4.46. The molecule has 0 spiro atoms. The van der Waals surface area contributed by atoms with Crippen LogP contribution in [-0.4, -0.2) is 61.4 Å². The first-order chi connectivity index (χ1) is 18.9. The lowest BCUT2D eigenvalue weighted by atomic mass is 9.87. The molecular weight excluding hydrogens is 504 g/mol. The monoisotopic (exact) mass is 545 g/mol. The number of nitrogens with zero attached hydrogens (tertiary/aromatic N) is 1. The molecule has 0 aromatic heterocycles. The zero-order valence-corrected chi connectivity index (χ0v) is 22.4. The zero-order chi connectivity index (χ0) is 27.8. The van der Waals surface area contributed by atoms with E-state index in [-0.39, 0.29) is 45.4 Å². The fraction of sp³-hybridized carbons (Fsp3) is 0.500. The summed E-state index contributed by atoms with van der Waals surface area (Å²) in [5, 5.41) is 5.94. The first-order valence-corrected chi connectivity index (χ1v) is 13.8. The molecule has 0 bridgehead atoms. The minimum Gasteiger partial charge on any atom is -0.381 e. The molecule has 2 amide bonds. The fourth-order valence-corrected chi connectivity index (χ4v) is 5.45. The fourth-order valence-electron chi connectivity index (χ4n) is 5.45. The first-order valence-electron chi connectivity index (χ1n) is 13.8. The molecule has 2 fully saturated rings. The van der Waals surface area contributed by atoms with Crippen LogP contribution in [0.2, 0.25) is 0 Å². The van der Waals surface area contributed by atoms with E-state index in [1.165, 1.54) is 12.1 Å². The van der Waals surface area contributed by atoms with Crippen molar-refractivity contribution in [3.63, 3.8) is 0 Å². The average molecular weight is 546 g/mol. The third-order valence-corrected chi connectivity index (χ3v) is 7.72. The van der Waals surface area contributed by atoms with Crippen LogP contribution < -0.4 is 10.6 Å². The number of amides is 2. The highest BCUT2D eigenvalue weighted by atomic mass is 19.1. The number of rotatable bonds is 10. The van der Waals surface area contributed by atoms with Gasteiger partial charge in [-0.2, -0.15) is 0 Å². The molecule has 214 valence electrons. The summed E-state index contributed by atoms with van der Waals surface area (Å²) in [5.74, 6) is -1.46. The molecule has 2 atom stereocenters. The summed E-state index contributed by atoms with van der Waals surface area (Å²) in [6.07, 6.45) is 3.58. The van der Waals surface area contributed by atoms with Gasteiger partial charge < -0.3 is 20.3 Å². The number of hydrogen-bond donors (Lipinski definition) is 2. The molecule has 2 heterocycles. The summed E-state index contributed by atoms with van der Waals surface area (Å²) in [6, 6.07) is 10.3. The van der Waals surface area contributed by atoms with Gasteiger partial charge in [0.1, 0.15) is 11.6 Å². The zero-order valence-electron chi connectivity index (χ0n) is 22.4. The summed E-state index contributed by atoms with van der Waals surface area (Å²) in [7, 11) is 0. The Hall–Kier alpha value is -3.17. The van der Waals surface area contributed by atoms with E-state index in [2.05, 4.69) is 10.6 Å². The van der Waals surface area contributed by atoms with Gasteiger partial charge in [0.05, 0.1) is 12.6 Å². The second-order valence-electron chi connectivity index (χ2n) is 10.4. The molecule has 9 heteroatoms. The molecule has 2 N–H and O–H groups in total. The summed E-state index contributed by atoms with van der Waals surface area (Å²) < 4.78 is 32.4. The van der Waals surface area contributed by atoms with Crippen LogP contribution >= 0.6 is 0 Å². The predicted molar refractivity (Wildman–Crippen MR) is 147 cm³/mol. The summed E-state index contributed by atoms with van der Waals surface area (Å²) >= 11 is 0. The Balaban J connectivity index is 0.00000294. The number of likely N-dealkylation sites (tertiary alicyclic amines) is 1. The van der Waals surface area contributed by atoms with E-state index in [1.54, 1.807) is 11.0 Å². The average Bonchev–Trinajstić information content (AvgIpc) is 2.97. The Kier molecular flexibility index (Phi) is 10.2. The van der Waals surface area contributed by atoms with Crippen molar-refractivity contribution in [3.8, 4) is 0 Å². The number of Topliss-reactive ketones (excluding diaryl/α,β-unsaturated/α-hetero) is 1. The van der Waals surface area contributed by atoms with E-state index >= 15 is 0 Å². The molecule has 2 aromatic rings. The Morgan fingerprint density at radius 3 is 2.64 bits per heavy atom. The molecule has 0 radical (unpaired) electrons. The smallest absolute Gasteiger partial charge is 0.251 e. The lowest BCUT2D eigenvalue weighted by Crippen LogP contribution is -2.47. The van der Waals surface area contributed by atoms with Gasteiger partial charge in [0.15, 0.2) is 5.78 Å². The van der Waals surface area contributed by atoms with Gasteiger partial charge >= 0.3 is 0 Å². The molecule has 0 aliphatic carbocycles. The number of piperidine rings is 1. The number of hydrogen-bond acceptors (Lipinski definition) is 5. The highest BCUT2D eigenvalue weighted by molar-refractivity contribution is 5.98. The summed E-state index contributed by atoms with van der Waals surface area (Å²) in [5.41, 5.74) is 1.78. The Morgan fingerprint density at radius 1 is 1.10 bits per heavy atom. The minimum atomic E-state index is -0.643. The molecule has 2 aliphatic rings. The van der Waals surface area contributed by atoms with Gasteiger partial charge in [-0.15, -0.1) is 0 Å². The maximum Gasteiger partial charge on any atom is 0.251 e. The van der Waals surface area contributed by atoms with Crippen molar-refractivity contribution in [3.05, 3.63) is 70.8 Å². The van der Waals surface area contributed by atoms with Gasteiger partial charge in [0.2, 0.25) is 5.91 Å². The Labute approximate surface area is 231 Å². The van der Waals surface area contributed by atoms with Gasteiger partial charge in [-0.1, -0.05) is 25.1 Å². The second kappa shape index (κ2) is 13.8. The quantitative estimate of drug-likeness (QED) is 0.461. The van der Waals surface area contributed by atoms with Crippen LogP contribution in [0.25, 0.3) is 0 Å². The van der Waals surface area contributed by atoms with Crippen molar-refractivity contribution >= 4 is 17.6 Å². The van der Waals surface area contributed by atoms with Gasteiger partial charge in [-0.3, -0.25) is 14.4 Å². The van der Waals surface area contributed by atoms with Crippen LogP contribution in [0.4, 0.5) is 8.78 Å². The molecule has 0 unspecified atom stereocenters. The molecule has 7 nitrogen and oxygen atoms in total. The summed E-state index contributed by atoms with van der Waals surface area (Å²) in [4.78, 5) is 40.5. The number of nitrogens with one attached hydrogen (secondary N) is 2. The van der Waals surface area contributed by atoms with E-state index in [4.69, 9.17) is 4.74 Å². The topological polar surface area (TPSA) is 87.7 Å². The molecule has 2 aliphatic heterocycles. The highest BCUT2D eigenvalue weighted by Gasteiger charge is 2.31. The van der Waals surface area contributed by atoms with E-state index in [0.29, 0.717) is 43.9 Å². The molecule has 39 heavy (non-hydrogen) atoms. The largest absolute Gasteiger partial charge is 0.381 e. The van der Waals surface area contributed by atoms with Gasteiger partial charge in [0, 0.05) is 65.2 Å². The van der Waals surface area contributed by atoms with Crippen LogP contribution in [0.5, 0.6) is 0 Å². The number of ketones is 1. The number of benzene rings is 2. The number of halogens is 2. The molecule has 0 saturated carbocycles. The standard InChI is InChI=1S/C30H37F2N3O4.2H2/c1-2-27(36)29(20-10-13-39-14-11-20)34-30(38)22-6-3-5-21(15-22)24-7-4-12-35(19-24)28(37)18-33-17-23-8-9-25(31)16-26(23)32;;/h3,5-6,8-9,15-16,20,24,29,33H,2,4,7,10-14,17-19H2,1H3,(H,34,38);2*1H/t24-,29-;;/m1../s1. The number of carbonyl (C=O) groups is 3. The molecule has 2 aromatic carbocycles. The van der Waals surface area contributed by atoms with E-state index < -0.39 is 17.7 Å². The molecule has 4 rings (SSSR count). The van der Waals surface area contributed by atoms with Crippen molar-refractivity contribution in [2.24, 2.45) is 5.92 Å². The number of ether oxygens (including phenoxy) is 1. The third-order valence-electron chi connectivity index (χ3n) is 7.72. The minimum absolute atomic E-state index is 0. The van der Waals surface area contributed by atoms with E-state index in [0.717, 1.165) is 37.3 Å². The first kappa shape index (κ1) is 28.8. The summed E-state index contributed by atoms with van der Waals surface area (Å²) in [6.45, 7) is 4.34. The van der Waals surface area contributed by atoms with Crippen molar-refractivity contribution in [2.75, 3.05) is 32.8 Å². The van der Waals surface area contributed by atoms with Crippen LogP contribution in [0, 0.1) is 17.6 Å². The van der Waals surface area contributed by atoms with Crippen LogP contribution in [0.3, 0.4) is 0 Å². The Bertz CT molecular complexity index is 1180. The highest BCUT2D eigenvalue weighted by Crippen LogP contribution is 2.28. The van der Waals surface area contributed by atoms with Crippen molar-refractivity contribution < 1.29 is 30.8 Å². The van der Waals surface area contributed by atoms with Gasteiger partial charge in [-0.25, -0.2) is 8.78 Å². The lowest BCUT2D eigenvalue weighted by molar-refractivity contribution is -0.131. The molecule has 2 saturated heterocycles. The molecular formula is C30H41F2N3O4. The SMILES string of the molecule is CCC(=O)[C@H](NC(=O)c1cccc([C@@H]2CCCN(C(=O)CNCc3ccc(F)cc3F)C2)c1)C1CCOCC1.[HH].[HH]. The van der Waals surface area contributed by atoms with E-state index in [9.17, 15) is 23.2 Å². The van der Waals surface area contributed by atoms with Crippen molar-refractivity contribution in [1.29, 1.82) is 0 Å². The second-order valence-corrected chi connectivity index (χ2v) is 10.4. The normalized spacial score (nSPS) is 18.9. The maximum atomic E-state index is 13.9. The lowest BCUT2D eigenvalue weighted by Gasteiger charge is -2.33. The van der Waals surface area contributed by atoms with Crippen LogP contribution in [0.15, 0.2) is 42.5 Å². The van der Waals surface area contributed by atoms with E-state index in [1.807, 2.05) is 25.1 Å². The van der Waals surface area contributed by atoms with Gasteiger partial charge in [-0.05, 0) is 55.4 Å². The van der Waals surface area contributed by atoms with Gasteiger partial charge in [0.25, 0.3) is 5.91 Å². The van der Waals surface area contributed by atoms with Crippen LogP contribution in [-0.2, 0) is 20.9 Å². The number of carbonyl (C=O) groups excluding carboxylic acids is 3. The van der Waals surface area contributed by atoms with Crippen LogP contribution in [0.1, 0.15) is 69.3 Å². The van der Waals surface area contributed by atoms with Crippen molar-refractivity contribution in [1.82, 2.24) is 15.5 Å². The third kappa shape index (κ3) is 7.70. The maximum absolute atomic E-state index is 13.9. The van der Waals surface area contributed by atoms with Crippen molar-refractivity contribution in [2.45, 2.75) is 57.5 Å².